The maximum Gasteiger partial charge on any atom is 0.251 e. The van der Waals surface area contributed by atoms with Crippen LogP contribution in [0.15, 0.2) is 48.7 Å². The van der Waals surface area contributed by atoms with Crippen molar-refractivity contribution >= 4 is 39.3 Å². The second-order valence-electron chi connectivity index (χ2n) is 9.10. The van der Waals surface area contributed by atoms with Crippen molar-refractivity contribution in [3.05, 3.63) is 63.4 Å². The van der Waals surface area contributed by atoms with E-state index in [1.807, 2.05) is 29.0 Å². The summed E-state index contributed by atoms with van der Waals surface area (Å²) in [4.78, 5) is 15.3. The molecule has 1 aliphatic rings. The van der Waals surface area contributed by atoms with Gasteiger partial charge in [0, 0.05) is 45.2 Å². The molecule has 2 N–H and O–H groups in total. The molecule has 2 aromatic carbocycles. The third-order valence-corrected chi connectivity index (χ3v) is 7.31. The molecule has 6 heteroatoms. The minimum absolute atomic E-state index is 0.0783. The number of nitrogens with zero attached hydrogens (tertiary/aromatic N) is 2. The SMILES string of the molecule is CCCC1CCCCN1CCCNC(=O)c1ccc2cn(Cc3cccc(I)c3)c(O)c2c1. The fourth-order valence-corrected chi connectivity index (χ4v) is 5.55. The highest BCUT2D eigenvalue weighted by atomic mass is 127. The Bertz CT molecular complexity index is 1090. The zero-order chi connectivity index (χ0) is 23.2. The van der Waals surface area contributed by atoms with Gasteiger partial charge in [0.1, 0.15) is 0 Å². The highest BCUT2D eigenvalue weighted by molar-refractivity contribution is 14.1. The fourth-order valence-electron chi connectivity index (χ4n) is 4.94. The maximum atomic E-state index is 12.7. The van der Waals surface area contributed by atoms with Crippen molar-refractivity contribution < 1.29 is 9.90 Å². The van der Waals surface area contributed by atoms with Crippen molar-refractivity contribution in [2.75, 3.05) is 19.6 Å². The van der Waals surface area contributed by atoms with Crippen LogP contribution in [0.4, 0.5) is 0 Å². The molecule has 4 rings (SSSR count). The number of aromatic nitrogens is 1. The van der Waals surface area contributed by atoms with Crippen LogP contribution in [0, 0.1) is 3.57 Å². The Morgan fingerprint density at radius 1 is 1.21 bits per heavy atom. The van der Waals surface area contributed by atoms with Gasteiger partial charge in [-0.05, 0) is 84.6 Å². The van der Waals surface area contributed by atoms with Crippen molar-refractivity contribution in [2.24, 2.45) is 0 Å². The van der Waals surface area contributed by atoms with Crippen LogP contribution in [-0.2, 0) is 6.54 Å². The minimum atomic E-state index is -0.0783. The number of piperidine rings is 1. The number of likely N-dealkylation sites (tertiary alicyclic amines) is 1. The number of carbonyl (C=O) groups is 1. The number of carbonyl (C=O) groups excluding carboxylic acids is 1. The van der Waals surface area contributed by atoms with Crippen LogP contribution in [0.5, 0.6) is 5.88 Å². The first-order valence-corrected chi connectivity index (χ1v) is 13.2. The molecule has 1 amide bonds. The van der Waals surface area contributed by atoms with E-state index in [4.69, 9.17) is 0 Å². The molecule has 3 aromatic rings. The molecule has 2 heterocycles. The molecule has 0 radical (unpaired) electrons. The van der Waals surface area contributed by atoms with Gasteiger partial charge < -0.3 is 19.9 Å². The summed E-state index contributed by atoms with van der Waals surface area (Å²) >= 11 is 2.29. The molecule has 0 aliphatic carbocycles. The molecule has 1 aromatic heterocycles. The maximum absolute atomic E-state index is 12.7. The van der Waals surface area contributed by atoms with E-state index in [9.17, 15) is 9.90 Å². The van der Waals surface area contributed by atoms with Crippen LogP contribution < -0.4 is 5.32 Å². The number of fused-ring (bicyclic) bond motifs is 1. The first kappa shape index (κ1) is 24.1. The number of halogens is 1. The summed E-state index contributed by atoms with van der Waals surface area (Å²) in [6.45, 7) is 5.76. The minimum Gasteiger partial charge on any atom is -0.494 e. The summed E-state index contributed by atoms with van der Waals surface area (Å²) in [7, 11) is 0. The quantitative estimate of drug-likeness (QED) is 0.259. The molecule has 1 saturated heterocycles. The van der Waals surface area contributed by atoms with Gasteiger partial charge in [-0.3, -0.25) is 4.79 Å². The molecule has 1 aliphatic heterocycles. The molecule has 1 atom stereocenters. The fraction of sp³-hybridized carbons (Fsp3) is 0.444. The van der Waals surface area contributed by atoms with E-state index in [0.717, 1.165) is 23.9 Å². The Hall–Kier alpha value is -2.06. The van der Waals surface area contributed by atoms with Gasteiger partial charge in [0.05, 0.1) is 6.54 Å². The predicted molar refractivity (Wildman–Crippen MR) is 143 cm³/mol. The van der Waals surface area contributed by atoms with Crippen molar-refractivity contribution in [1.29, 1.82) is 0 Å². The molecule has 5 nitrogen and oxygen atoms in total. The molecule has 176 valence electrons. The Balaban J connectivity index is 1.35. The van der Waals surface area contributed by atoms with E-state index < -0.39 is 0 Å². The molecular weight excluding hydrogens is 525 g/mol. The molecule has 0 saturated carbocycles. The average molecular weight is 559 g/mol. The lowest BCUT2D eigenvalue weighted by Gasteiger charge is -2.35. The van der Waals surface area contributed by atoms with Crippen molar-refractivity contribution in [3.8, 4) is 5.88 Å². The summed E-state index contributed by atoms with van der Waals surface area (Å²) in [6, 6.07) is 14.5. The molecule has 0 bridgehead atoms. The first-order valence-electron chi connectivity index (χ1n) is 12.1. The van der Waals surface area contributed by atoms with E-state index in [1.165, 1.54) is 42.2 Å². The summed E-state index contributed by atoms with van der Waals surface area (Å²) < 4.78 is 3.00. The van der Waals surface area contributed by atoms with Crippen LogP contribution in [0.1, 0.15) is 61.4 Å². The lowest BCUT2D eigenvalue weighted by Crippen LogP contribution is -2.41. The van der Waals surface area contributed by atoms with Crippen LogP contribution in [0.2, 0.25) is 0 Å². The van der Waals surface area contributed by atoms with Gasteiger partial charge in [0.15, 0.2) is 5.88 Å². The van der Waals surface area contributed by atoms with Gasteiger partial charge in [0.2, 0.25) is 0 Å². The summed E-state index contributed by atoms with van der Waals surface area (Å²) in [6.07, 6.45) is 9.37. The average Bonchev–Trinajstić information content (AvgIpc) is 3.12. The number of hydrogen-bond acceptors (Lipinski definition) is 3. The number of hydrogen-bond donors (Lipinski definition) is 2. The topological polar surface area (TPSA) is 57.5 Å². The van der Waals surface area contributed by atoms with E-state index in [2.05, 4.69) is 57.9 Å². The molecule has 33 heavy (non-hydrogen) atoms. The Morgan fingerprint density at radius 3 is 2.91 bits per heavy atom. The Labute approximate surface area is 210 Å². The van der Waals surface area contributed by atoms with Crippen LogP contribution in [0.3, 0.4) is 0 Å². The van der Waals surface area contributed by atoms with Gasteiger partial charge >= 0.3 is 0 Å². The number of rotatable bonds is 9. The summed E-state index contributed by atoms with van der Waals surface area (Å²) in [5, 5.41) is 15.5. The molecular formula is C27H34IN3O2. The zero-order valence-corrected chi connectivity index (χ0v) is 21.6. The van der Waals surface area contributed by atoms with E-state index in [-0.39, 0.29) is 11.8 Å². The predicted octanol–water partition coefficient (Wildman–Crippen LogP) is 5.77. The third-order valence-electron chi connectivity index (χ3n) is 6.64. The van der Waals surface area contributed by atoms with Gasteiger partial charge in [-0.1, -0.05) is 38.0 Å². The van der Waals surface area contributed by atoms with Crippen LogP contribution in [-0.4, -0.2) is 46.2 Å². The van der Waals surface area contributed by atoms with Gasteiger partial charge in [-0.15, -0.1) is 0 Å². The van der Waals surface area contributed by atoms with Crippen molar-refractivity contribution in [2.45, 2.75) is 58.0 Å². The van der Waals surface area contributed by atoms with Crippen LogP contribution in [0.25, 0.3) is 10.8 Å². The van der Waals surface area contributed by atoms with E-state index in [0.29, 0.717) is 30.1 Å². The van der Waals surface area contributed by atoms with Crippen LogP contribution >= 0.6 is 22.6 Å². The summed E-state index contributed by atoms with van der Waals surface area (Å²) in [5.74, 6) is 0.121. The van der Waals surface area contributed by atoms with E-state index >= 15 is 0 Å². The largest absolute Gasteiger partial charge is 0.494 e. The zero-order valence-electron chi connectivity index (χ0n) is 19.4. The van der Waals surface area contributed by atoms with Crippen molar-refractivity contribution in [1.82, 2.24) is 14.8 Å². The number of aromatic hydroxyl groups is 1. The lowest BCUT2D eigenvalue weighted by atomic mass is 9.98. The molecule has 0 spiro atoms. The highest BCUT2D eigenvalue weighted by Crippen LogP contribution is 2.29. The molecule has 1 fully saturated rings. The van der Waals surface area contributed by atoms with Gasteiger partial charge in [-0.2, -0.15) is 0 Å². The highest BCUT2D eigenvalue weighted by Gasteiger charge is 2.21. The Morgan fingerprint density at radius 2 is 2.09 bits per heavy atom. The van der Waals surface area contributed by atoms with Crippen molar-refractivity contribution in [3.63, 3.8) is 0 Å². The third kappa shape index (κ3) is 6.09. The first-order chi connectivity index (χ1) is 16.0. The lowest BCUT2D eigenvalue weighted by molar-refractivity contribution is 0.0947. The van der Waals surface area contributed by atoms with Gasteiger partial charge in [-0.25, -0.2) is 0 Å². The second-order valence-corrected chi connectivity index (χ2v) is 10.3. The second kappa shape index (κ2) is 11.4. The van der Waals surface area contributed by atoms with E-state index in [1.54, 1.807) is 6.07 Å². The van der Waals surface area contributed by atoms with Gasteiger partial charge in [0.25, 0.3) is 5.91 Å². The smallest absolute Gasteiger partial charge is 0.251 e. The normalized spacial score (nSPS) is 16.8. The number of amides is 1. The standard InChI is InChI=1S/C27H34IN3O2/c1-2-7-24-10-3-4-14-30(24)15-6-13-29-26(32)21-11-12-22-19-31(27(33)25(22)17-21)18-20-8-5-9-23(28)16-20/h5,8-9,11-12,16-17,19,24,33H,2-4,6-7,10,13-15,18H2,1H3,(H,29,32). The monoisotopic (exact) mass is 559 g/mol. The molecule has 1 unspecified atom stereocenters. The number of nitrogens with one attached hydrogen (secondary N) is 1. The Kier molecular flexibility index (Phi) is 8.30. The summed E-state index contributed by atoms with van der Waals surface area (Å²) in [5.41, 5.74) is 1.72. The number of benzene rings is 2.